The van der Waals surface area contributed by atoms with E-state index in [0.717, 1.165) is 0 Å². The summed E-state index contributed by atoms with van der Waals surface area (Å²) < 4.78 is 0. The van der Waals surface area contributed by atoms with E-state index in [1.807, 2.05) is 6.07 Å². The monoisotopic (exact) mass is 168 g/mol. The lowest BCUT2D eigenvalue weighted by atomic mass is 10.3. The Morgan fingerprint density at radius 1 is 1.64 bits per heavy atom. The average Bonchev–Trinajstić information content (AvgIpc) is 2.04. The number of rotatable bonds is 1. The van der Waals surface area contributed by atoms with E-state index in [-0.39, 0.29) is 11.8 Å². The van der Waals surface area contributed by atoms with Crippen molar-refractivity contribution in [3.63, 3.8) is 0 Å². The normalized spacial score (nSPS) is 9.18. The second-order valence-corrected chi connectivity index (χ2v) is 2.27. The Bertz CT molecular complexity index is 306. The molecule has 11 heavy (non-hydrogen) atoms. The SMILES string of the molecule is N#Cc1ccc(CO)nc1Cl. The first kappa shape index (κ1) is 7.99. The molecule has 3 nitrogen and oxygen atoms in total. The van der Waals surface area contributed by atoms with E-state index in [1.54, 1.807) is 6.07 Å². The second kappa shape index (κ2) is 3.33. The van der Waals surface area contributed by atoms with Gasteiger partial charge in [-0.15, -0.1) is 0 Å². The lowest BCUT2D eigenvalue weighted by Crippen LogP contribution is -1.90. The number of aromatic nitrogens is 1. The zero-order valence-corrected chi connectivity index (χ0v) is 6.34. The van der Waals surface area contributed by atoms with Gasteiger partial charge >= 0.3 is 0 Å². The number of pyridine rings is 1. The first-order valence-corrected chi connectivity index (χ1v) is 3.32. The van der Waals surface area contributed by atoms with Crippen LogP contribution in [0.5, 0.6) is 0 Å². The van der Waals surface area contributed by atoms with E-state index >= 15 is 0 Å². The fourth-order valence-electron chi connectivity index (χ4n) is 0.643. The van der Waals surface area contributed by atoms with Gasteiger partial charge in [0.25, 0.3) is 0 Å². The molecular weight excluding hydrogens is 164 g/mol. The number of halogens is 1. The molecule has 0 amide bonds. The van der Waals surface area contributed by atoms with Gasteiger partial charge in [-0.1, -0.05) is 11.6 Å². The molecule has 0 aromatic carbocycles. The van der Waals surface area contributed by atoms with Crippen LogP contribution in [0.25, 0.3) is 0 Å². The van der Waals surface area contributed by atoms with Gasteiger partial charge in [0.15, 0.2) is 0 Å². The third kappa shape index (κ3) is 1.67. The summed E-state index contributed by atoms with van der Waals surface area (Å²) in [5.41, 5.74) is 0.790. The van der Waals surface area contributed by atoms with E-state index in [2.05, 4.69) is 4.98 Å². The van der Waals surface area contributed by atoms with E-state index in [1.165, 1.54) is 6.07 Å². The molecule has 1 aromatic heterocycles. The molecule has 0 spiro atoms. The molecule has 0 saturated heterocycles. The molecule has 0 saturated carbocycles. The summed E-state index contributed by atoms with van der Waals surface area (Å²) in [6.45, 7) is -0.161. The lowest BCUT2D eigenvalue weighted by Gasteiger charge is -1.96. The molecule has 0 aliphatic heterocycles. The fraction of sp³-hybridized carbons (Fsp3) is 0.143. The van der Waals surface area contributed by atoms with Crippen molar-refractivity contribution in [1.82, 2.24) is 4.98 Å². The summed E-state index contributed by atoms with van der Waals surface area (Å²) in [7, 11) is 0. The van der Waals surface area contributed by atoms with Gasteiger partial charge < -0.3 is 5.11 Å². The van der Waals surface area contributed by atoms with Crippen LogP contribution >= 0.6 is 11.6 Å². The maximum Gasteiger partial charge on any atom is 0.147 e. The van der Waals surface area contributed by atoms with Crippen LogP contribution in [-0.2, 0) is 6.61 Å². The Morgan fingerprint density at radius 2 is 2.36 bits per heavy atom. The Hall–Kier alpha value is -1.11. The Kier molecular flexibility index (Phi) is 2.42. The highest BCUT2D eigenvalue weighted by Gasteiger charge is 2.00. The molecule has 0 fully saturated rings. The third-order valence-electron chi connectivity index (χ3n) is 1.19. The molecule has 1 aromatic rings. The number of hydrogen-bond acceptors (Lipinski definition) is 3. The van der Waals surface area contributed by atoms with Crippen molar-refractivity contribution in [1.29, 1.82) is 5.26 Å². The molecule has 0 aliphatic rings. The predicted molar refractivity (Wildman–Crippen MR) is 39.9 cm³/mol. The summed E-state index contributed by atoms with van der Waals surface area (Å²) in [6, 6.07) is 4.96. The highest BCUT2D eigenvalue weighted by molar-refractivity contribution is 6.30. The minimum atomic E-state index is -0.161. The number of aliphatic hydroxyl groups is 1. The van der Waals surface area contributed by atoms with Crippen molar-refractivity contribution in [3.05, 3.63) is 28.5 Å². The highest BCUT2D eigenvalue weighted by Crippen LogP contribution is 2.11. The van der Waals surface area contributed by atoms with Gasteiger partial charge in [0.2, 0.25) is 0 Å². The van der Waals surface area contributed by atoms with E-state index < -0.39 is 0 Å². The average molecular weight is 169 g/mol. The van der Waals surface area contributed by atoms with Crippen LogP contribution in [-0.4, -0.2) is 10.1 Å². The van der Waals surface area contributed by atoms with Crippen molar-refractivity contribution >= 4 is 11.6 Å². The predicted octanol–water partition coefficient (Wildman–Crippen LogP) is 1.10. The van der Waals surface area contributed by atoms with Crippen molar-refractivity contribution in [2.45, 2.75) is 6.61 Å². The van der Waals surface area contributed by atoms with Crippen LogP contribution in [0.15, 0.2) is 12.1 Å². The molecule has 4 heteroatoms. The van der Waals surface area contributed by atoms with Crippen molar-refractivity contribution in [2.24, 2.45) is 0 Å². The largest absolute Gasteiger partial charge is 0.390 e. The van der Waals surface area contributed by atoms with Crippen molar-refractivity contribution < 1.29 is 5.11 Å². The number of aliphatic hydroxyl groups excluding tert-OH is 1. The Balaban J connectivity index is 3.12. The van der Waals surface area contributed by atoms with Crippen LogP contribution in [0.3, 0.4) is 0 Å². The summed E-state index contributed by atoms with van der Waals surface area (Å²) >= 11 is 5.56. The van der Waals surface area contributed by atoms with E-state index in [4.69, 9.17) is 22.0 Å². The summed E-state index contributed by atoms with van der Waals surface area (Å²) in [4.78, 5) is 3.76. The Morgan fingerprint density at radius 3 is 2.82 bits per heavy atom. The summed E-state index contributed by atoms with van der Waals surface area (Å²) in [6.07, 6.45) is 0. The minimum Gasteiger partial charge on any atom is -0.390 e. The number of nitriles is 1. The van der Waals surface area contributed by atoms with Crippen LogP contribution < -0.4 is 0 Å². The van der Waals surface area contributed by atoms with Gasteiger partial charge in [-0.3, -0.25) is 0 Å². The molecule has 0 atom stereocenters. The highest BCUT2D eigenvalue weighted by atomic mass is 35.5. The molecule has 1 heterocycles. The third-order valence-corrected chi connectivity index (χ3v) is 1.48. The molecule has 0 aliphatic carbocycles. The maximum atomic E-state index is 8.62. The van der Waals surface area contributed by atoms with Crippen LogP contribution in [0.4, 0.5) is 0 Å². The molecule has 56 valence electrons. The molecule has 1 rings (SSSR count). The molecule has 0 radical (unpaired) electrons. The molecule has 1 N–H and O–H groups in total. The van der Waals surface area contributed by atoms with Crippen molar-refractivity contribution in [2.75, 3.05) is 0 Å². The fourth-order valence-corrected chi connectivity index (χ4v) is 0.857. The number of hydrogen-bond donors (Lipinski definition) is 1. The van der Waals surface area contributed by atoms with Gasteiger partial charge in [-0.05, 0) is 12.1 Å². The maximum absolute atomic E-state index is 8.62. The lowest BCUT2D eigenvalue weighted by molar-refractivity contribution is 0.277. The molecule has 0 bridgehead atoms. The van der Waals surface area contributed by atoms with E-state index in [9.17, 15) is 0 Å². The van der Waals surface area contributed by atoms with E-state index in [0.29, 0.717) is 11.3 Å². The first-order valence-electron chi connectivity index (χ1n) is 2.94. The quantitative estimate of drug-likeness (QED) is 0.639. The number of nitrogens with zero attached hydrogens (tertiary/aromatic N) is 2. The second-order valence-electron chi connectivity index (χ2n) is 1.91. The van der Waals surface area contributed by atoms with Crippen LogP contribution in [0.1, 0.15) is 11.3 Å². The molecule has 0 unspecified atom stereocenters. The van der Waals surface area contributed by atoms with Gasteiger partial charge in [0, 0.05) is 0 Å². The minimum absolute atomic E-state index is 0.138. The first-order chi connectivity index (χ1) is 5.27. The van der Waals surface area contributed by atoms with Crippen LogP contribution in [0.2, 0.25) is 5.15 Å². The van der Waals surface area contributed by atoms with Gasteiger partial charge in [-0.2, -0.15) is 5.26 Å². The molecular formula is C7H5ClN2O. The zero-order chi connectivity index (χ0) is 8.27. The smallest absolute Gasteiger partial charge is 0.147 e. The Labute approximate surface area is 68.9 Å². The summed E-state index contributed by atoms with van der Waals surface area (Å²) in [5, 5.41) is 17.2. The zero-order valence-electron chi connectivity index (χ0n) is 5.58. The summed E-state index contributed by atoms with van der Waals surface area (Å²) in [5.74, 6) is 0. The standard InChI is InChI=1S/C7H5ClN2O/c8-7-5(3-9)1-2-6(4-11)10-7/h1-2,11H,4H2. The van der Waals surface area contributed by atoms with Crippen molar-refractivity contribution in [3.8, 4) is 6.07 Å². The van der Waals surface area contributed by atoms with Gasteiger partial charge in [-0.25, -0.2) is 4.98 Å². The van der Waals surface area contributed by atoms with Crippen LogP contribution in [0, 0.1) is 11.3 Å². The topological polar surface area (TPSA) is 56.9 Å². The van der Waals surface area contributed by atoms with Gasteiger partial charge in [0.05, 0.1) is 17.9 Å². The van der Waals surface area contributed by atoms with Gasteiger partial charge in [0.1, 0.15) is 11.2 Å².